The molecule has 1 aromatic rings. The number of nitrogens with two attached hydrogens (primary N) is 1. The van der Waals surface area contributed by atoms with Crippen LogP contribution in [-0.2, 0) is 6.54 Å². The van der Waals surface area contributed by atoms with Gasteiger partial charge in [0.15, 0.2) is 0 Å². The van der Waals surface area contributed by atoms with E-state index in [1.54, 1.807) is 12.4 Å². The zero-order chi connectivity index (χ0) is 5.82. The minimum atomic E-state index is 0. The van der Waals surface area contributed by atoms with Crippen molar-refractivity contribution in [2.24, 2.45) is 5.73 Å². The van der Waals surface area contributed by atoms with Gasteiger partial charge in [-0.2, -0.15) is 0 Å². The van der Waals surface area contributed by atoms with E-state index in [0.717, 1.165) is 5.56 Å². The summed E-state index contributed by atoms with van der Waals surface area (Å²) in [6, 6.07) is 3.83. The molecule has 0 bridgehead atoms. The zero-order valence-corrected chi connectivity index (χ0v) is 7.28. The van der Waals surface area contributed by atoms with Crippen molar-refractivity contribution in [3.63, 3.8) is 0 Å². The summed E-state index contributed by atoms with van der Waals surface area (Å²) < 4.78 is 0. The Kier molecular flexibility index (Phi) is 4.61. The predicted molar refractivity (Wildman–Crippen MR) is 47.5 cm³/mol. The van der Waals surface area contributed by atoms with Crippen molar-refractivity contribution in [1.82, 2.24) is 4.98 Å². The average molecular weight is 236 g/mol. The van der Waals surface area contributed by atoms with Gasteiger partial charge in [0.1, 0.15) is 0 Å². The number of hydrogen-bond acceptors (Lipinski definition) is 2. The van der Waals surface area contributed by atoms with Crippen LogP contribution < -0.4 is 5.73 Å². The van der Waals surface area contributed by atoms with E-state index in [1.807, 2.05) is 12.1 Å². The smallest absolute Gasteiger partial charge is 0.0312 e. The number of hydrogen-bond donors (Lipinski definition) is 1. The maximum Gasteiger partial charge on any atom is 0.0312 e. The highest BCUT2D eigenvalue weighted by molar-refractivity contribution is 14.0. The molecule has 50 valence electrons. The summed E-state index contributed by atoms with van der Waals surface area (Å²) in [5, 5.41) is 0. The Morgan fingerprint density at radius 1 is 1.56 bits per heavy atom. The first-order valence-corrected chi connectivity index (χ1v) is 2.52. The summed E-state index contributed by atoms with van der Waals surface area (Å²) in [6.45, 7) is 0.577. The molecule has 0 aromatic carbocycles. The number of aromatic nitrogens is 1. The Labute approximate surface area is 71.5 Å². The van der Waals surface area contributed by atoms with Crippen molar-refractivity contribution in [3.05, 3.63) is 30.1 Å². The molecule has 0 amide bonds. The van der Waals surface area contributed by atoms with Crippen LogP contribution in [0.15, 0.2) is 24.5 Å². The van der Waals surface area contributed by atoms with E-state index >= 15 is 0 Å². The lowest BCUT2D eigenvalue weighted by atomic mass is 10.3. The summed E-state index contributed by atoms with van der Waals surface area (Å²) >= 11 is 0. The third-order valence-corrected chi connectivity index (χ3v) is 0.958. The van der Waals surface area contributed by atoms with Crippen LogP contribution in [0.1, 0.15) is 5.56 Å². The first-order chi connectivity index (χ1) is 3.93. The molecular formula is C6H9IN2. The van der Waals surface area contributed by atoms with E-state index in [-0.39, 0.29) is 24.0 Å². The fourth-order valence-electron chi connectivity index (χ4n) is 0.519. The van der Waals surface area contributed by atoms with E-state index < -0.39 is 0 Å². The van der Waals surface area contributed by atoms with Crippen LogP contribution in [0.25, 0.3) is 0 Å². The van der Waals surface area contributed by atoms with Crippen molar-refractivity contribution in [2.75, 3.05) is 0 Å². The van der Waals surface area contributed by atoms with Crippen LogP contribution in [0.4, 0.5) is 0 Å². The quantitative estimate of drug-likeness (QED) is 0.743. The second-order valence-corrected chi connectivity index (χ2v) is 1.57. The molecule has 0 fully saturated rings. The van der Waals surface area contributed by atoms with Gasteiger partial charge >= 0.3 is 0 Å². The first kappa shape index (κ1) is 8.84. The van der Waals surface area contributed by atoms with Crippen LogP contribution in [0.5, 0.6) is 0 Å². The van der Waals surface area contributed by atoms with Crippen molar-refractivity contribution in [3.8, 4) is 0 Å². The third kappa shape index (κ3) is 2.76. The zero-order valence-electron chi connectivity index (χ0n) is 4.95. The fraction of sp³-hybridized carbons (Fsp3) is 0.167. The topological polar surface area (TPSA) is 38.9 Å². The summed E-state index contributed by atoms with van der Waals surface area (Å²) in [4.78, 5) is 3.88. The molecule has 1 rings (SSSR count). The maximum absolute atomic E-state index is 5.31. The van der Waals surface area contributed by atoms with E-state index in [0.29, 0.717) is 6.54 Å². The van der Waals surface area contributed by atoms with Crippen LogP contribution >= 0.6 is 24.0 Å². The van der Waals surface area contributed by atoms with Gasteiger partial charge in [0.25, 0.3) is 0 Å². The number of halogens is 1. The van der Waals surface area contributed by atoms with Gasteiger partial charge in [0, 0.05) is 18.9 Å². The predicted octanol–water partition coefficient (Wildman–Crippen LogP) is 1.16. The molecule has 2 N–H and O–H groups in total. The molecule has 0 spiro atoms. The molecule has 0 aliphatic rings. The summed E-state index contributed by atoms with van der Waals surface area (Å²) in [5.41, 5.74) is 6.39. The Morgan fingerprint density at radius 3 is 2.67 bits per heavy atom. The summed E-state index contributed by atoms with van der Waals surface area (Å²) in [5.74, 6) is 0. The molecule has 0 radical (unpaired) electrons. The van der Waals surface area contributed by atoms with E-state index in [2.05, 4.69) is 4.98 Å². The van der Waals surface area contributed by atoms with Crippen LogP contribution in [0.2, 0.25) is 0 Å². The molecule has 0 saturated heterocycles. The molecule has 0 aliphatic carbocycles. The third-order valence-electron chi connectivity index (χ3n) is 0.958. The van der Waals surface area contributed by atoms with Gasteiger partial charge in [-0.25, -0.2) is 0 Å². The molecule has 3 heteroatoms. The highest BCUT2D eigenvalue weighted by Gasteiger charge is 1.81. The molecule has 0 aliphatic heterocycles. The Hall–Kier alpha value is -0.160. The second kappa shape index (κ2) is 4.69. The highest BCUT2D eigenvalue weighted by atomic mass is 127. The van der Waals surface area contributed by atoms with Gasteiger partial charge in [-0.3, -0.25) is 4.98 Å². The average Bonchev–Trinajstić information content (AvgIpc) is 1.90. The summed E-state index contributed by atoms with van der Waals surface area (Å²) in [7, 11) is 0. The molecule has 0 saturated carbocycles. The van der Waals surface area contributed by atoms with Crippen LogP contribution in [-0.4, -0.2) is 4.98 Å². The first-order valence-electron chi connectivity index (χ1n) is 2.52. The van der Waals surface area contributed by atoms with E-state index in [4.69, 9.17) is 5.73 Å². The van der Waals surface area contributed by atoms with Gasteiger partial charge in [0.05, 0.1) is 0 Å². The lowest BCUT2D eigenvalue weighted by molar-refractivity contribution is 1.05. The number of nitrogens with zero attached hydrogens (tertiary/aromatic N) is 1. The van der Waals surface area contributed by atoms with Crippen LogP contribution in [0.3, 0.4) is 0 Å². The molecule has 1 heterocycles. The minimum absolute atomic E-state index is 0. The Morgan fingerprint density at radius 2 is 2.33 bits per heavy atom. The second-order valence-electron chi connectivity index (χ2n) is 1.57. The van der Waals surface area contributed by atoms with Gasteiger partial charge < -0.3 is 5.73 Å². The molecule has 2 nitrogen and oxygen atoms in total. The van der Waals surface area contributed by atoms with E-state index in [1.165, 1.54) is 0 Å². The minimum Gasteiger partial charge on any atom is -0.326 e. The largest absolute Gasteiger partial charge is 0.326 e. The van der Waals surface area contributed by atoms with Crippen molar-refractivity contribution in [1.29, 1.82) is 0 Å². The van der Waals surface area contributed by atoms with Gasteiger partial charge in [0.2, 0.25) is 0 Å². The van der Waals surface area contributed by atoms with E-state index in [9.17, 15) is 0 Å². The van der Waals surface area contributed by atoms with Gasteiger partial charge in [-0.05, 0) is 11.6 Å². The van der Waals surface area contributed by atoms with Crippen LogP contribution in [0, 0.1) is 0 Å². The molecular weight excluding hydrogens is 227 g/mol. The molecule has 1 aromatic heterocycles. The van der Waals surface area contributed by atoms with Gasteiger partial charge in [-0.1, -0.05) is 6.07 Å². The number of rotatable bonds is 1. The lowest BCUT2D eigenvalue weighted by Gasteiger charge is -1.89. The van der Waals surface area contributed by atoms with Crippen molar-refractivity contribution >= 4 is 24.0 Å². The molecule has 9 heavy (non-hydrogen) atoms. The maximum atomic E-state index is 5.31. The van der Waals surface area contributed by atoms with Gasteiger partial charge in [-0.15, -0.1) is 24.0 Å². The SMILES string of the molecule is I.NCc1cccnc1. The Balaban J connectivity index is 0.000000640. The standard InChI is InChI=1S/C6H8N2.HI/c7-4-6-2-1-3-8-5-6;/h1-3,5H,4,7H2;1H. The molecule has 0 unspecified atom stereocenters. The lowest BCUT2D eigenvalue weighted by Crippen LogP contribution is -1.95. The monoisotopic (exact) mass is 236 g/mol. The normalized spacial score (nSPS) is 8.11. The highest BCUT2D eigenvalue weighted by Crippen LogP contribution is 1.90. The van der Waals surface area contributed by atoms with Crippen molar-refractivity contribution < 1.29 is 0 Å². The van der Waals surface area contributed by atoms with Crippen molar-refractivity contribution in [2.45, 2.75) is 6.54 Å². The summed E-state index contributed by atoms with van der Waals surface area (Å²) in [6.07, 6.45) is 3.50. The number of pyridine rings is 1. The Bertz CT molecular complexity index is 152. The molecule has 0 atom stereocenters. The fourth-order valence-corrected chi connectivity index (χ4v) is 0.519.